The average Bonchev–Trinajstić information content (AvgIpc) is 3.08. The molecule has 1 aromatic rings. The third-order valence-electron chi connectivity index (χ3n) is 9.11. The summed E-state index contributed by atoms with van der Waals surface area (Å²) in [6.45, 7) is 5.23. The van der Waals surface area contributed by atoms with E-state index in [2.05, 4.69) is 13.8 Å². The molecule has 5 heteroatoms. The molecule has 0 saturated heterocycles. The van der Waals surface area contributed by atoms with Gasteiger partial charge in [0.25, 0.3) is 0 Å². The fraction of sp³-hybridized carbons (Fsp3) is 0.810. The molecule has 1 aromatic carbocycles. The van der Waals surface area contributed by atoms with Gasteiger partial charge in [0.05, 0.1) is 13.2 Å². The van der Waals surface area contributed by atoms with Gasteiger partial charge in [0.1, 0.15) is 6.61 Å². The lowest BCUT2D eigenvalue weighted by Gasteiger charge is -2.18. The molecule has 0 spiro atoms. The summed E-state index contributed by atoms with van der Waals surface area (Å²) in [5, 5.41) is 0. The molecular weight excluding hydrogens is 584 g/mol. The van der Waals surface area contributed by atoms with Crippen LogP contribution in [-0.2, 0) is 30.4 Å². The highest BCUT2D eigenvalue weighted by atomic mass is 16.6. The quantitative estimate of drug-likeness (QED) is 0.0536. The molecule has 47 heavy (non-hydrogen) atoms. The van der Waals surface area contributed by atoms with Gasteiger partial charge in [-0.05, 0) is 18.4 Å². The molecule has 0 aromatic heterocycles. The Balaban J connectivity index is 2.16. The van der Waals surface area contributed by atoms with Crippen LogP contribution < -0.4 is 0 Å². The number of carbonyl (C=O) groups excluding carboxylic acids is 2. The predicted molar refractivity (Wildman–Crippen MR) is 198 cm³/mol. The Morgan fingerprint density at radius 3 is 1.30 bits per heavy atom. The van der Waals surface area contributed by atoms with Crippen molar-refractivity contribution >= 4 is 11.9 Å². The molecule has 0 aliphatic rings. The highest BCUT2D eigenvalue weighted by Gasteiger charge is 2.17. The van der Waals surface area contributed by atoms with E-state index < -0.39 is 6.10 Å². The Hall–Kier alpha value is -1.88. The van der Waals surface area contributed by atoms with Crippen molar-refractivity contribution in [1.29, 1.82) is 0 Å². The number of carbonyl (C=O) groups is 2. The lowest BCUT2D eigenvalue weighted by atomic mass is 10.0. The minimum atomic E-state index is -0.580. The predicted octanol–water partition coefficient (Wildman–Crippen LogP) is 12.6. The molecule has 0 amide bonds. The summed E-state index contributed by atoms with van der Waals surface area (Å²) in [4.78, 5) is 25.0. The first-order valence-electron chi connectivity index (χ1n) is 20.1. The van der Waals surface area contributed by atoms with Crippen LogP contribution in [0.1, 0.15) is 199 Å². The van der Waals surface area contributed by atoms with Crippen molar-refractivity contribution in [2.75, 3.05) is 13.2 Å². The van der Waals surface area contributed by atoms with Crippen molar-refractivity contribution in [3.05, 3.63) is 35.9 Å². The van der Waals surface area contributed by atoms with Gasteiger partial charge in [0, 0.05) is 12.8 Å². The highest BCUT2D eigenvalue weighted by Crippen LogP contribution is 2.15. The Morgan fingerprint density at radius 1 is 0.489 bits per heavy atom. The molecule has 1 rings (SSSR count). The van der Waals surface area contributed by atoms with Gasteiger partial charge < -0.3 is 14.2 Å². The van der Waals surface area contributed by atoms with Crippen molar-refractivity contribution in [3.63, 3.8) is 0 Å². The van der Waals surface area contributed by atoms with Crippen molar-refractivity contribution in [3.8, 4) is 0 Å². The normalized spacial score (nSPS) is 11.9. The molecule has 0 radical (unpaired) electrons. The van der Waals surface area contributed by atoms with Crippen LogP contribution in [0.5, 0.6) is 0 Å². The zero-order valence-electron chi connectivity index (χ0n) is 30.9. The van der Waals surface area contributed by atoms with Crippen LogP contribution in [0.25, 0.3) is 0 Å². The van der Waals surface area contributed by atoms with Crippen molar-refractivity contribution in [2.45, 2.75) is 206 Å². The number of hydrogen-bond donors (Lipinski definition) is 0. The van der Waals surface area contributed by atoms with Crippen molar-refractivity contribution in [2.24, 2.45) is 0 Å². The second-order valence-corrected chi connectivity index (χ2v) is 13.8. The average molecular weight is 659 g/mol. The smallest absolute Gasteiger partial charge is 0.306 e. The number of rotatable bonds is 35. The summed E-state index contributed by atoms with van der Waals surface area (Å²) in [6.07, 6.45) is 33.4. The third-order valence-corrected chi connectivity index (χ3v) is 9.11. The fourth-order valence-corrected chi connectivity index (χ4v) is 6.08. The zero-order chi connectivity index (χ0) is 33.9. The van der Waals surface area contributed by atoms with E-state index >= 15 is 0 Å². The first-order chi connectivity index (χ1) is 23.2. The van der Waals surface area contributed by atoms with E-state index in [-0.39, 0.29) is 25.2 Å². The zero-order valence-corrected chi connectivity index (χ0v) is 30.9. The molecular formula is C42H74O5. The lowest BCUT2D eigenvalue weighted by Crippen LogP contribution is -2.29. The van der Waals surface area contributed by atoms with Crippen LogP contribution in [0.2, 0.25) is 0 Å². The second kappa shape index (κ2) is 34.0. The monoisotopic (exact) mass is 659 g/mol. The van der Waals surface area contributed by atoms with Crippen LogP contribution in [0.15, 0.2) is 30.3 Å². The number of unbranched alkanes of at least 4 members (excludes halogenated alkanes) is 24. The van der Waals surface area contributed by atoms with Crippen LogP contribution in [0.4, 0.5) is 0 Å². The van der Waals surface area contributed by atoms with Crippen LogP contribution in [-0.4, -0.2) is 31.3 Å². The van der Waals surface area contributed by atoms with Crippen LogP contribution >= 0.6 is 0 Å². The van der Waals surface area contributed by atoms with Gasteiger partial charge in [-0.2, -0.15) is 0 Å². The van der Waals surface area contributed by atoms with E-state index in [1.165, 1.54) is 141 Å². The van der Waals surface area contributed by atoms with Crippen LogP contribution in [0.3, 0.4) is 0 Å². The number of esters is 2. The summed E-state index contributed by atoms with van der Waals surface area (Å²) in [6, 6.07) is 9.93. The summed E-state index contributed by atoms with van der Waals surface area (Å²) in [5.41, 5.74) is 1.06. The number of hydrogen-bond acceptors (Lipinski definition) is 5. The largest absolute Gasteiger partial charge is 0.462 e. The van der Waals surface area contributed by atoms with Gasteiger partial charge in [-0.25, -0.2) is 0 Å². The Kier molecular flexibility index (Phi) is 31.2. The SMILES string of the molecule is CCCCCCCCCCCCCCCCCC(=O)OC[C@H](COCc1ccccc1)OC(=O)CCCCCCCCCCCCC. The molecule has 0 aliphatic carbocycles. The van der Waals surface area contributed by atoms with E-state index in [1.54, 1.807) is 0 Å². The molecule has 0 heterocycles. The molecule has 5 nitrogen and oxygen atoms in total. The molecule has 0 bridgehead atoms. The van der Waals surface area contributed by atoms with E-state index in [0.29, 0.717) is 19.4 Å². The van der Waals surface area contributed by atoms with Gasteiger partial charge in [0.15, 0.2) is 6.10 Å². The molecule has 0 unspecified atom stereocenters. The van der Waals surface area contributed by atoms with E-state index in [1.807, 2.05) is 30.3 Å². The molecule has 0 saturated carbocycles. The number of benzene rings is 1. The molecule has 1 atom stereocenters. The summed E-state index contributed by atoms with van der Waals surface area (Å²) < 4.78 is 17.1. The summed E-state index contributed by atoms with van der Waals surface area (Å²) in [5.74, 6) is -0.443. The molecule has 0 N–H and O–H groups in total. The minimum absolute atomic E-state index is 0.0519. The van der Waals surface area contributed by atoms with Crippen molar-refractivity contribution in [1.82, 2.24) is 0 Å². The van der Waals surface area contributed by atoms with E-state index in [0.717, 1.165) is 31.2 Å². The molecule has 272 valence electrons. The Bertz CT molecular complexity index is 810. The maximum Gasteiger partial charge on any atom is 0.306 e. The Labute approximate surface area is 290 Å². The molecule has 0 fully saturated rings. The fourth-order valence-electron chi connectivity index (χ4n) is 6.08. The van der Waals surface area contributed by atoms with Gasteiger partial charge in [-0.3, -0.25) is 9.59 Å². The third kappa shape index (κ3) is 30.0. The van der Waals surface area contributed by atoms with E-state index in [4.69, 9.17) is 14.2 Å². The second-order valence-electron chi connectivity index (χ2n) is 13.8. The highest BCUT2D eigenvalue weighted by molar-refractivity contribution is 5.70. The molecule has 0 aliphatic heterocycles. The van der Waals surface area contributed by atoms with Gasteiger partial charge in [-0.15, -0.1) is 0 Å². The van der Waals surface area contributed by atoms with E-state index in [9.17, 15) is 9.59 Å². The topological polar surface area (TPSA) is 61.8 Å². The minimum Gasteiger partial charge on any atom is -0.462 e. The Morgan fingerprint density at radius 2 is 0.872 bits per heavy atom. The van der Waals surface area contributed by atoms with Gasteiger partial charge in [0.2, 0.25) is 0 Å². The summed E-state index contributed by atoms with van der Waals surface area (Å²) in [7, 11) is 0. The van der Waals surface area contributed by atoms with Crippen LogP contribution in [0, 0.1) is 0 Å². The van der Waals surface area contributed by atoms with Gasteiger partial charge in [-0.1, -0.05) is 198 Å². The summed E-state index contributed by atoms with van der Waals surface area (Å²) >= 11 is 0. The lowest BCUT2D eigenvalue weighted by molar-refractivity contribution is -0.163. The van der Waals surface area contributed by atoms with Gasteiger partial charge >= 0.3 is 11.9 Å². The first-order valence-corrected chi connectivity index (χ1v) is 20.1. The maximum atomic E-state index is 12.6. The standard InChI is InChI=1S/C42H74O5/c1-3-5-7-9-11-13-15-16-17-18-20-21-23-25-30-34-41(43)46-38-40(37-45-36-39-32-28-27-29-33-39)47-42(44)35-31-26-24-22-19-14-12-10-8-6-4-2/h27-29,32-33,40H,3-26,30-31,34-38H2,1-2H3/t40-/m0/s1. The first kappa shape index (κ1) is 43.1. The maximum absolute atomic E-state index is 12.6. The van der Waals surface area contributed by atoms with Crippen molar-refractivity contribution < 1.29 is 23.8 Å². The number of ether oxygens (including phenoxy) is 3.